The second-order valence-electron chi connectivity index (χ2n) is 4.90. The predicted octanol–water partition coefficient (Wildman–Crippen LogP) is 1.58. The van der Waals surface area contributed by atoms with Crippen LogP contribution in [0.1, 0.15) is 5.82 Å². The van der Waals surface area contributed by atoms with Crippen LogP contribution < -0.4 is 4.90 Å². The molecule has 0 amide bonds. The van der Waals surface area contributed by atoms with Crippen LogP contribution in [-0.4, -0.2) is 42.1 Å². The Kier molecular flexibility index (Phi) is 3.21. The van der Waals surface area contributed by atoms with E-state index >= 15 is 0 Å². The largest absolute Gasteiger partial charge is 0.379 e. The number of fused-ring (bicyclic) bond motifs is 1. The van der Waals surface area contributed by atoms with Gasteiger partial charge in [-0.15, -0.1) is 10.2 Å². The van der Waals surface area contributed by atoms with Crippen molar-refractivity contribution in [2.75, 3.05) is 32.2 Å². The summed E-state index contributed by atoms with van der Waals surface area (Å²) in [4.78, 5) is 2.09. The van der Waals surface area contributed by atoms with Crippen molar-refractivity contribution < 1.29 is 4.74 Å². The van der Waals surface area contributed by atoms with E-state index in [0.29, 0.717) is 0 Å². The lowest BCUT2D eigenvalue weighted by Crippen LogP contribution is -2.09. The van der Waals surface area contributed by atoms with Gasteiger partial charge in [-0.05, 0) is 12.1 Å². The molecule has 0 aliphatic carbocycles. The van der Waals surface area contributed by atoms with Crippen molar-refractivity contribution in [2.24, 2.45) is 0 Å². The molecule has 19 heavy (non-hydrogen) atoms. The summed E-state index contributed by atoms with van der Waals surface area (Å²) in [5, 5.41) is 8.64. The van der Waals surface area contributed by atoms with Gasteiger partial charge >= 0.3 is 0 Å². The maximum atomic E-state index is 5.49. The molecule has 1 aromatic carbocycles. The van der Waals surface area contributed by atoms with E-state index < -0.39 is 0 Å². The Balaban J connectivity index is 2.02. The lowest BCUT2D eigenvalue weighted by Gasteiger charge is -2.13. The van der Waals surface area contributed by atoms with Crippen molar-refractivity contribution in [3.63, 3.8) is 0 Å². The molecule has 5 heteroatoms. The van der Waals surface area contributed by atoms with Crippen LogP contribution in [0.5, 0.6) is 0 Å². The van der Waals surface area contributed by atoms with E-state index in [-0.39, 0.29) is 0 Å². The Bertz CT molecular complexity index is 577. The van der Waals surface area contributed by atoms with Gasteiger partial charge in [-0.25, -0.2) is 0 Å². The van der Waals surface area contributed by atoms with Gasteiger partial charge in [0.25, 0.3) is 0 Å². The first-order valence-electron chi connectivity index (χ1n) is 6.53. The summed E-state index contributed by atoms with van der Waals surface area (Å²) in [6.07, 6.45) is 0.834. The molecule has 100 valence electrons. The molecule has 0 spiro atoms. The molecule has 5 nitrogen and oxygen atoms in total. The number of anilines is 1. The molecule has 0 saturated heterocycles. The fourth-order valence-corrected chi connectivity index (χ4v) is 2.31. The number of benzene rings is 1. The molecule has 0 N–H and O–H groups in total. The third kappa shape index (κ3) is 2.33. The summed E-state index contributed by atoms with van der Waals surface area (Å²) in [6, 6.07) is 8.37. The topological polar surface area (TPSA) is 43.2 Å². The summed E-state index contributed by atoms with van der Waals surface area (Å²) in [6.45, 7) is 2.28. The van der Waals surface area contributed by atoms with Crippen LogP contribution in [0, 0.1) is 0 Å². The minimum absolute atomic E-state index is 0.728. The average molecular weight is 258 g/mol. The third-order valence-electron chi connectivity index (χ3n) is 3.38. The van der Waals surface area contributed by atoms with Gasteiger partial charge in [0.1, 0.15) is 5.82 Å². The van der Waals surface area contributed by atoms with E-state index in [0.717, 1.165) is 43.4 Å². The SMILES string of the molecule is CN(C)c1cccc(-c2nnc3n2CCOCC3)c1. The van der Waals surface area contributed by atoms with Gasteiger partial charge < -0.3 is 14.2 Å². The van der Waals surface area contributed by atoms with Gasteiger partial charge in [0, 0.05) is 38.3 Å². The molecule has 2 aromatic rings. The molecule has 0 fully saturated rings. The molecule has 1 aromatic heterocycles. The van der Waals surface area contributed by atoms with Crippen molar-refractivity contribution in [3.05, 3.63) is 30.1 Å². The Morgan fingerprint density at radius 2 is 2.11 bits per heavy atom. The normalized spacial score (nSPS) is 14.8. The molecule has 0 radical (unpaired) electrons. The predicted molar refractivity (Wildman–Crippen MR) is 74.3 cm³/mol. The molecule has 3 rings (SSSR count). The summed E-state index contributed by atoms with van der Waals surface area (Å²) < 4.78 is 7.66. The van der Waals surface area contributed by atoms with Crippen LogP contribution in [0.4, 0.5) is 5.69 Å². The molecular formula is C14H18N4O. The lowest BCUT2D eigenvalue weighted by molar-refractivity contribution is 0.140. The van der Waals surface area contributed by atoms with Gasteiger partial charge in [-0.1, -0.05) is 12.1 Å². The van der Waals surface area contributed by atoms with Gasteiger partial charge in [0.2, 0.25) is 0 Å². The molecule has 0 saturated carbocycles. The van der Waals surface area contributed by atoms with E-state index in [1.165, 1.54) is 5.69 Å². The highest BCUT2D eigenvalue weighted by Gasteiger charge is 2.16. The second-order valence-corrected chi connectivity index (χ2v) is 4.90. The zero-order chi connectivity index (χ0) is 13.2. The highest BCUT2D eigenvalue weighted by atomic mass is 16.5. The summed E-state index contributed by atoms with van der Waals surface area (Å²) in [5.74, 6) is 1.95. The Labute approximate surface area is 112 Å². The standard InChI is InChI=1S/C14H18N4O/c1-17(2)12-5-3-4-11(10-12)14-16-15-13-6-8-19-9-7-18(13)14/h3-5,10H,6-9H2,1-2H3. The first-order chi connectivity index (χ1) is 9.25. The van der Waals surface area contributed by atoms with Crippen molar-refractivity contribution in [2.45, 2.75) is 13.0 Å². The Hall–Kier alpha value is -1.88. The minimum atomic E-state index is 0.728. The molecule has 1 aliphatic rings. The van der Waals surface area contributed by atoms with E-state index in [1.807, 2.05) is 14.1 Å². The fourth-order valence-electron chi connectivity index (χ4n) is 2.31. The Morgan fingerprint density at radius 3 is 2.95 bits per heavy atom. The first-order valence-corrected chi connectivity index (χ1v) is 6.53. The van der Waals surface area contributed by atoms with E-state index in [1.54, 1.807) is 0 Å². The van der Waals surface area contributed by atoms with E-state index in [2.05, 4.69) is 43.9 Å². The molecular weight excluding hydrogens is 240 g/mol. The van der Waals surface area contributed by atoms with Crippen molar-refractivity contribution >= 4 is 5.69 Å². The first kappa shape index (κ1) is 12.2. The van der Waals surface area contributed by atoms with Crippen LogP contribution in [0.15, 0.2) is 24.3 Å². The van der Waals surface area contributed by atoms with Crippen LogP contribution in [0.25, 0.3) is 11.4 Å². The smallest absolute Gasteiger partial charge is 0.164 e. The number of aromatic nitrogens is 3. The van der Waals surface area contributed by atoms with Gasteiger partial charge in [-0.3, -0.25) is 0 Å². The number of nitrogens with zero attached hydrogens (tertiary/aromatic N) is 4. The van der Waals surface area contributed by atoms with Gasteiger partial charge in [0.05, 0.1) is 13.2 Å². The molecule has 2 heterocycles. The molecule has 0 atom stereocenters. The Morgan fingerprint density at radius 1 is 1.21 bits per heavy atom. The maximum absolute atomic E-state index is 5.49. The monoisotopic (exact) mass is 258 g/mol. The summed E-state index contributed by atoms with van der Waals surface area (Å²) >= 11 is 0. The quantitative estimate of drug-likeness (QED) is 0.820. The van der Waals surface area contributed by atoms with Crippen LogP contribution >= 0.6 is 0 Å². The summed E-state index contributed by atoms with van der Waals surface area (Å²) in [5.41, 5.74) is 2.27. The minimum Gasteiger partial charge on any atom is -0.379 e. The average Bonchev–Trinajstić information content (AvgIpc) is 2.68. The van der Waals surface area contributed by atoms with Gasteiger partial charge in [0.15, 0.2) is 5.82 Å². The van der Waals surface area contributed by atoms with Crippen LogP contribution in [-0.2, 0) is 17.7 Å². The number of hydrogen-bond acceptors (Lipinski definition) is 4. The summed E-state index contributed by atoms with van der Waals surface area (Å²) in [7, 11) is 4.08. The second kappa shape index (κ2) is 5.01. The van der Waals surface area contributed by atoms with Gasteiger partial charge in [-0.2, -0.15) is 0 Å². The van der Waals surface area contributed by atoms with Crippen molar-refractivity contribution in [1.29, 1.82) is 0 Å². The van der Waals surface area contributed by atoms with E-state index in [9.17, 15) is 0 Å². The van der Waals surface area contributed by atoms with Crippen molar-refractivity contribution in [3.8, 4) is 11.4 Å². The number of rotatable bonds is 2. The van der Waals surface area contributed by atoms with Crippen molar-refractivity contribution in [1.82, 2.24) is 14.8 Å². The zero-order valence-corrected chi connectivity index (χ0v) is 11.3. The number of ether oxygens (including phenoxy) is 1. The highest BCUT2D eigenvalue weighted by Crippen LogP contribution is 2.23. The molecule has 0 bridgehead atoms. The third-order valence-corrected chi connectivity index (χ3v) is 3.38. The number of hydrogen-bond donors (Lipinski definition) is 0. The molecule has 0 unspecified atom stereocenters. The fraction of sp³-hybridized carbons (Fsp3) is 0.429. The molecule has 1 aliphatic heterocycles. The highest BCUT2D eigenvalue weighted by molar-refractivity contribution is 5.63. The lowest BCUT2D eigenvalue weighted by atomic mass is 10.2. The van der Waals surface area contributed by atoms with Crippen LogP contribution in [0.2, 0.25) is 0 Å². The maximum Gasteiger partial charge on any atom is 0.164 e. The zero-order valence-electron chi connectivity index (χ0n) is 11.3. The van der Waals surface area contributed by atoms with E-state index in [4.69, 9.17) is 4.74 Å². The van der Waals surface area contributed by atoms with Crippen LogP contribution in [0.3, 0.4) is 0 Å².